The fourth-order valence-corrected chi connectivity index (χ4v) is 2.92. The van der Waals surface area contributed by atoms with Crippen LogP contribution < -0.4 is 5.32 Å². The SMILES string of the molecule is N#Cc1cccc(NC(=S)N(Cc2ccccc2)Cc2ccccc2)c1. The van der Waals surface area contributed by atoms with Crippen molar-refractivity contribution in [1.82, 2.24) is 4.90 Å². The molecule has 128 valence electrons. The molecule has 0 aromatic heterocycles. The van der Waals surface area contributed by atoms with Crippen molar-refractivity contribution in [2.24, 2.45) is 0 Å². The van der Waals surface area contributed by atoms with Gasteiger partial charge in [0.2, 0.25) is 0 Å². The van der Waals surface area contributed by atoms with E-state index in [2.05, 4.69) is 40.6 Å². The summed E-state index contributed by atoms with van der Waals surface area (Å²) in [6.07, 6.45) is 0. The van der Waals surface area contributed by atoms with Crippen molar-refractivity contribution in [3.8, 4) is 6.07 Å². The molecule has 4 heteroatoms. The number of anilines is 1. The molecule has 0 aliphatic rings. The van der Waals surface area contributed by atoms with E-state index in [1.165, 1.54) is 11.1 Å². The molecule has 0 bridgehead atoms. The molecule has 0 saturated carbocycles. The minimum Gasteiger partial charge on any atom is -0.340 e. The summed E-state index contributed by atoms with van der Waals surface area (Å²) in [7, 11) is 0. The second kappa shape index (κ2) is 8.80. The maximum Gasteiger partial charge on any atom is 0.174 e. The minimum absolute atomic E-state index is 0.607. The van der Waals surface area contributed by atoms with E-state index >= 15 is 0 Å². The number of rotatable bonds is 5. The van der Waals surface area contributed by atoms with Gasteiger partial charge in [0.05, 0.1) is 11.6 Å². The molecule has 0 spiro atoms. The monoisotopic (exact) mass is 357 g/mol. The lowest BCUT2D eigenvalue weighted by molar-refractivity contribution is 0.413. The highest BCUT2D eigenvalue weighted by Crippen LogP contribution is 2.15. The zero-order valence-corrected chi connectivity index (χ0v) is 15.1. The average Bonchev–Trinajstić information content (AvgIpc) is 2.69. The zero-order valence-electron chi connectivity index (χ0n) is 14.3. The van der Waals surface area contributed by atoms with Gasteiger partial charge in [0, 0.05) is 18.8 Å². The van der Waals surface area contributed by atoms with E-state index in [1.54, 1.807) is 12.1 Å². The molecule has 1 N–H and O–H groups in total. The topological polar surface area (TPSA) is 39.1 Å². The highest BCUT2D eigenvalue weighted by Gasteiger charge is 2.12. The molecule has 0 saturated heterocycles. The van der Waals surface area contributed by atoms with Crippen molar-refractivity contribution in [2.45, 2.75) is 13.1 Å². The summed E-state index contributed by atoms with van der Waals surface area (Å²) in [5.41, 5.74) is 3.81. The predicted octanol–water partition coefficient (Wildman–Crippen LogP) is 4.96. The summed E-state index contributed by atoms with van der Waals surface area (Å²) in [6.45, 7) is 1.42. The fraction of sp³-hybridized carbons (Fsp3) is 0.0909. The molecule has 0 atom stereocenters. The molecule has 26 heavy (non-hydrogen) atoms. The zero-order chi connectivity index (χ0) is 18.2. The Kier molecular flexibility index (Phi) is 5.97. The van der Waals surface area contributed by atoms with Crippen LogP contribution in [0.4, 0.5) is 5.69 Å². The van der Waals surface area contributed by atoms with Crippen LogP contribution in [0.2, 0.25) is 0 Å². The quantitative estimate of drug-likeness (QED) is 0.655. The molecule has 3 rings (SSSR count). The van der Waals surface area contributed by atoms with Crippen molar-refractivity contribution >= 4 is 23.0 Å². The fourth-order valence-electron chi connectivity index (χ4n) is 2.68. The van der Waals surface area contributed by atoms with Crippen LogP contribution in [0.5, 0.6) is 0 Å². The Morgan fingerprint density at radius 3 is 1.96 bits per heavy atom. The van der Waals surface area contributed by atoms with Gasteiger partial charge in [-0.05, 0) is 41.5 Å². The van der Waals surface area contributed by atoms with Gasteiger partial charge in [0.1, 0.15) is 0 Å². The molecule has 3 aromatic carbocycles. The molecule has 0 unspecified atom stereocenters. The lowest BCUT2D eigenvalue weighted by Crippen LogP contribution is -2.33. The second-order valence-corrected chi connectivity index (χ2v) is 6.34. The summed E-state index contributed by atoms with van der Waals surface area (Å²) in [4.78, 5) is 2.12. The maximum atomic E-state index is 9.07. The summed E-state index contributed by atoms with van der Waals surface area (Å²) in [6, 6.07) is 30.0. The normalized spacial score (nSPS) is 9.96. The molecular formula is C22H19N3S. The first-order valence-corrected chi connectivity index (χ1v) is 8.79. The van der Waals surface area contributed by atoms with E-state index in [0.717, 1.165) is 5.69 Å². The maximum absolute atomic E-state index is 9.07. The Morgan fingerprint density at radius 2 is 1.42 bits per heavy atom. The first kappa shape index (κ1) is 17.7. The van der Waals surface area contributed by atoms with Gasteiger partial charge in [-0.2, -0.15) is 5.26 Å². The highest BCUT2D eigenvalue weighted by atomic mass is 32.1. The number of nitrogens with zero attached hydrogens (tertiary/aromatic N) is 2. The largest absolute Gasteiger partial charge is 0.340 e. The lowest BCUT2D eigenvalue weighted by Gasteiger charge is -2.26. The number of nitriles is 1. The molecule has 3 nitrogen and oxygen atoms in total. The smallest absolute Gasteiger partial charge is 0.174 e. The summed E-state index contributed by atoms with van der Waals surface area (Å²) >= 11 is 5.67. The third kappa shape index (κ3) is 4.92. The van der Waals surface area contributed by atoms with Gasteiger partial charge in [-0.15, -0.1) is 0 Å². The average molecular weight is 357 g/mol. The Hall–Kier alpha value is -3.16. The van der Waals surface area contributed by atoms with Crippen LogP contribution in [0.1, 0.15) is 16.7 Å². The summed E-state index contributed by atoms with van der Waals surface area (Å²) in [5.74, 6) is 0. The van der Waals surface area contributed by atoms with Crippen LogP contribution in [0, 0.1) is 11.3 Å². The van der Waals surface area contributed by atoms with Crippen molar-refractivity contribution in [3.63, 3.8) is 0 Å². The van der Waals surface area contributed by atoms with E-state index in [4.69, 9.17) is 17.5 Å². The van der Waals surface area contributed by atoms with Crippen LogP contribution in [0.15, 0.2) is 84.9 Å². The number of hydrogen-bond acceptors (Lipinski definition) is 2. The van der Waals surface area contributed by atoms with E-state index in [9.17, 15) is 0 Å². The van der Waals surface area contributed by atoms with Gasteiger partial charge in [-0.25, -0.2) is 0 Å². The van der Waals surface area contributed by atoms with E-state index in [1.807, 2.05) is 48.5 Å². The molecule has 0 amide bonds. The molecule has 0 radical (unpaired) electrons. The van der Waals surface area contributed by atoms with Crippen LogP contribution in [-0.2, 0) is 13.1 Å². The van der Waals surface area contributed by atoms with Crippen molar-refractivity contribution in [1.29, 1.82) is 5.26 Å². The first-order chi connectivity index (χ1) is 12.7. The Balaban J connectivity index is 1.79. The van der Waals surface area contributed by atoms with Crippen LogP contribution >= 0.6 is 12.2 Å². The lowest BCUT2D eigenvalue weighted by atomic mass is 10.2. The van der Waals surface area contributed by atoms with Gasteiger partial charge >= 0.3 is 0 Å². The Labute approximate surface area is 159 Å². The molecule has 0 aliphatic heterocycles. The summed E-state index contributed by atoms with van der Waals surface area (Å²) in [5, 5.41) is 13.0. The van der Waals surface area contributed by atoms with Gasteiger partial charge in [-0.3, -0.25) is 0 Å². The second-order valence-electron chi connectivity index (χ2n) is 5.95. The van der Waals surface area contributed by atoms with E-state index in [-0.39, 0.29) is 0 Å². The van der Waals surface area contributed by atoms with Gasteiger partial charge in [0.15, 0.2) is 5.11 Å². The van der Waals surface area contributed by atoms with Crippen molar-refractivity contribution in [2.75, 3.05) is 5.32 Å². The van der Waals surface area contributed by atoms with Crippen LogP contribution in [0.25, 0.3) is 0 Å². The minimum atomic E-state index is 0.607. The third-order valence-electron chi connectivity index (χ3n) is 3.96. The van der Waals surface area contributed by atoms with Gasteiger partial charge < -0.3 is 10.2 Å². The Morgan fingerprint density at radius 1 is 0.846 bits per heavy atom. The Bertz CT molecular complexity index is 860. The number of hydrogen-bond donors (Lipinski definition) is 1. The third-order valence-corrected chi connectivity index (χ3v) is 4.32. The van der Waals surface area contributed by atoms with Crippen molar-refractivity contribution < 1.29 is 0 Å². The molecule has 0 fully saturated rings. The van der Waals surface area contributed by atoms with Gasteiger partial charge in [0.25, 0.3) is 0 Å². The highest BCUT2D eigenvalue weighted by molar-refractivity contribution is 7.80. The van der Waals surface area contributed by atoms with Gasteiger partial charge in [-0.1, -0.05) is 66.7 Å². The molecule has 0 aliphatic carbocycles. The predicted molar refractivity (Wildman–Crippen MR) is 110 cm³/mol. The van der Waals surface area contributed by atoms with Crippen LogP contribution in [0.3, 0.4) is 0 Å². The number of benzene rings is 3. The van der Waals surface area contributed by atoms with E-state index < -0.39 is 0 Å². The number of thiocarbonyl (C=S) groups is 1. The molecule has 0 heterocycles. The van der Waals surface area contributed by atoms with Crippen LogP contribution in [-0.4, -0.2) is 10.0 Å². The first-order valence-electron chi connectivity index (χ1n) is 8.38. The molecular weight excluding hydrogens is 338 g/mol. The van der Waals surface area contributed by atoms with E-state index in [0.29, 0.717) is 23.8 Å². The summed E-state index contributed by atoms with van der Waals surface area (Å²) < 4.78 is 0. The number of nitrogens with one attached hydrogen (secondary N) is 1. The van der Waals surface area contributed by atoms with Crippen molar-refractivity contribution in [3.05, 3.63) is 102 Å². The standard InChI is InChI=1S/C22H19N3S/c23-15-20-12-7-13-21(14-20)24-22(26)25(16-18-8-3-1-4-9-18)17-19-10-5-2-6-11-19/h1-14H,16-17H2,(H,24,26). The molecule has 3 aromatic rings.